The first-order valence-electron chi connectivity index (χ1n) is 9.71. The Balaban J connectivity index is 1.78. The van der Waals surface area contributed by atoms with Gasteiger partial charge in [-0.25, -0.2) is 4.79 Å². The number of aromatic nitrogens is 1. The van der Waals surface area contributed by atoms with E-state index < -0.39 is 11.8 Å². The fourth-order valence-corrected chi connectivity index (χ4v) is 3.41. The zero-order chi connectivity index (χ0) is 21.8. The maximum atomic E-state index is 13.2. The average molecular weight is 432 g/mol. The minimum Gasteiger partial charge on any atom is -0.461 e. The van der Waals surface area contributed by atoms with Crippen molar-refractivity contribution in [1.82, 2.24) is 5.16 Å². The predicted octanol–water partition coefficient (Wildman–Crippen LogP) is 6.06. The first kappa shape index (κ1) is 20.6. The fraction of sp³-hybridized carbons (Fsp3) is 0.0800. The molecule has 0 unspecified atom stereocenters. The molecule has 6 heteroatoms. The summed E-state index contributed by atoms with van der Waals surface area (Å²) in [6.07, 6.45) is 3.47. The number of ketones is 1. The molecule has 0 aliphatic rings. The standard InChI is InChI=1S/C25H18ClNO4/c1-2-30-25(29)23-22(24(28)18-10-13-19(26)14-11-18)21(31-27-23)15-12-17-8-5-7-16-6-3-4-9-20(16)17/h3-15H,2H2,1H3/b15-12+. The molecule has 4 rings (SSSR count). The summed E-state index contributed by atoms with van der Waals surface area (Å²) in [5.41, 5.74) is 1.20. The van der Waals surface area contributed by atoms with Gasteiger partial charge in [-0.2, -0.15) is 0 Å². The first-order valence-corrected chi connectivity index (χ1v) is 10.1. The Morgan fingerprint density at radius 3 is 2.52 bits per heavy atom. The topological polar surface area (TPSA) is 69.4 Å². The van der Waals surface area contributed by atoms with Gasteiger partial charge in [0.15, 0.2) is 11.5 Å². The molecule has 0 bridgehead atoms. The molecule has 0 aliphatic carbocycles. The van der Waals surface area contributed by atoms with Gasteiger partial charge in [-0.3, -0.25) is 4.79 Å². The molecule has 0 aliphatic heterocycles. The van der Waals surface area contributed by atoms with Crippen molar-refractivity contribution in [3.05, 3.63) is 99.9 Å². The van der Waals surface area contributed by atoms with Crippen LogP contribution in [0.4, 0.5) is 0 Å². The molecule has 0 atom stereocenters. The van der Waals surface area contributed by atoms with Crippen LogP contribution in [0.15, 0.2) is 71.3 Å². The van der Waals surface area contributed by atoms with Crippen LogP contribution in [0.1, 0.15) is 44.7 Å². The molecule has 154 valence electrons. The second-order valence-electron chi connectivity index (χ2n) is 6.73. The number of ether oxygens (including phenoxy) is 1. The maximum absolute atomic E-state index is 13.2. The number of hydrogen-bond acceptors (Lipinski definition) is 5. The van der Waals surface area contributed by atoms with E-state index in [2.05, 4.69) is 5.16 Å². The van der Waals surface area contributed by atoms with Crippen LogP contribution in [0, 0.1) is 0 Å². The monoisotopic (exact) mass is 431 g/mol. The summed E-state index contributed by atoms with van der Waals surface area (Å²) < 4.78 is 10.4. The van der Waals surface area contributed by atoms with Gasteiger partial charge >= 0.3 is 5.97 Å². The number of hydrogen-bond donors (Lipinski definition) is 0. The van der Waals surface area contributed by atoms with Crippen molar-refractivity contribution in [2.24, 2.45) is 0 Å². The van der Waals surface area contributed by atoms with E-state index in [0.29, 0.717) is 10.6 Å². The molecule has 31 heavy (non-hydrogen) atoms. The second kappa shape index (κ2) is 8.98. The third-order valence-corrected chi connectivity index (χ3v) is 5.01. The van der Waals surface area contributed by atoms with Gasteiger partial charge in [0.25, 0.3) is 0 Å². The minimum absolute atomic E-state index is 0.0530. The molecule has 3 aromatic carbocycles. The minimum atomic E-state index is -0.714. The Morgan fingerprint density at radius 2 is 1.74 bits per heavy atom. The number of benzene rings is 3. The first-order chi connectivity index (χ1) is 15.1. The summed E-state index contributed by atoms with van der Waals surface area (Å²) in [6, 6.07) is 20.3. The lowest BCUT2D eigenvalue weighted by molar-refractivity contribution is 0.0512. The summed E-state index contributed by atoms with van der Waals surface area (Å²) >= 11 is 5.93. The Hall–Kier alpha value is -3.70. The lowest BCUT2D eigenvalue weighted by atomic mass is 10.00. The predicted molar refractivity (Wildman–Crippen MR) is 120 cm³/mol. The maximum Gasteiger partial charge on any atom is 0.361 e. The molecule has 0 spiro atoms. The Labute approximate surface area is 183 Å². The fourth-order valence-electron chi connectivity index (χ4n) is 3.28. The van der Waals surface area contributed by atoms with Crippen LogP contribution < -0.4 is 0 Å². The van der Waals surface area contributed by atoms with E-state index in [-0.39, 0.29) is 23.6 Å². The molecular weight excluding hydrogens is 414 g/mol. The molecule has 0 amide bonds. The van der Waals surface area contributed by atoms with Crippen molar-refractivity contribution < 1.29 is 18.8 Å². The zero-order valence-corrected chi connectivity index (χ0v) is 17.4. The summed E-state index contributed by atoms with van der Waals surface area (Å²) in [6.45, 7) is 1.83. The second-order valence-corrected chi connectivity index (χ2v) is 7.17. The van der Waals surface area contributed by atoms with Crippen LogP contribution in [0.3, 0.4) is 0 Å². The van der Waals surface area contributed by atoms with Crippen molar-refractivity contribution in [3.8, 4) is 0 Å². The third-order valence-electron chi connectivity index (χ3n) is 4.76. The van der Waals surface area contributed by atoms with E-state index >= 15 is 0 Å². The third kappa shape index (κ3) is 4.27. The molecule has 1 heterocycles. The molecular formula is C25H18ClNO4. The van der Waals surface area contributed by atoms with Crippen molar-refractivity contribution >= 4 is 46.3 Å². The van der Waals surface area contributed by atoms with Crippen LogP contribution in [0.5, 0.6) is 0 Å². The van der Waals surface area contributed by atoms with E-state index in [0.717, 1.165) is 16.3 Å². The van der Waals surface area contributed by atoms with Crippen LogP contribution >= 0.6 is 11.6 Å². The number of fused-ring (bicyclic) bond motifs is 1. The van der Waals surface area contributed by atoms with Crippen LogP contribution in [-0.2, 0) is 4.74 Å². The molecule has 0 saturated carbocycles. The largest absolute Gasteiger partial charge is 0.461 e. The van der Waals surface area contributed by atoms with Crippen molar-refractivity contribution in [2.75, 3.05) is 6.61 Å². The summed E-state index contributed by atoms with van der Waals surface area (Å²) in [4.78, 5) is 25.6. The lowest BCUT2D eigenvalue weighted by Gasteiger charge is -2.04. The Morgan fingerprint density at radius 1 is 1.00 bits per heavy atom. The lowest BCUT2D eigenvalue weighted by Crippen LogP contribution is -2.12. The highest BCUT2D eigenvalue weighted by molar-refractivity contribution is 6.30. The van der Waals surface area contributed by atoms with Crippen LogP contribution in [0.25, 0.3) is 22.9 Å². The van der Waals surface area contributed by atoms with Gasteiger partial charge in [-0.1, -0.05) is 65.3 Å². The molecule has 4 aromatic rings. The van der Waals surface area contributed by atoms with Gasteiger partial charge in [0.05, 0.1) is 6.61 Å². The van der Waals surface area contributed by atoms with E-state index in [1.165, 1.54) is 0 Å². The van der Waals surface area contributed by atoms with Crippen molar-refractivity contribution in [3.63, 3.8) is 0 Å². The SMILES string of the molecule is CCOC(=O)c1noc(/C=C/c2cccc3ccccc23)c1C(=O)c1ccc(Cl)cc1. The Kier molecular flexibility index (Phi) is 5.96. The number of nitrogens with zero attached hydrogens (tertiary/aromatic N) is 1. The molecule has 5 nitrogen and oxygen atoms in total. The molecule has 0 fully saturated rings. The van der Waals surface area contributed by atoms with E-state index in [1.54, 1.807) is 37.3 Å². The number of rotatable bonds is 6. The summed E-state index contributed by atoms with van der Waals surface area (Å²) in [5.74, 6) is -0.942. The number of esters is 1. The van der Waals surface area contributed by atoms with Crippen LogP contribution in [0.2, 0.25) is 5.02 Å². The van der Waals surface area contributed by atoms with Gasteiger partial charge in [0, 0.05) is 10.6 Å². The van der Waals surface area contributed by atoms with E-state index in [1.807, 2.05) is 48.5 Å². The highest BCUT2D eigenvalue weighted by Gasteiger charge is 2.28. The Bertz CT molecular complexity index is 1280. The van der Waals surface area contributed by atoms with Gasteiger partial charge in [0.2, 0.25) is 5.69 Å². The molecule has 1 aromatic heterocycles. The molecule has 0 saturated heterocycles. The normalized spacial score (nSPS) is 11.2. The van der Waals surface area contributed by atoms with Crippen molar-refractivity contribution in [1.29, 1.82) is 0 Å². The molecule has 0 N–H and O–H groups in total. The van der Waals surface area contributed by atoms with Crippen molar-refractivity contribution in [2.45, 2.75) is 6.92 Å². The zero-order valence-electron chi connectivity index (χ0n) is 16.7. The number of halogens is 1. The van der Waals surface area contributed by atoms with Gasteiger partial charge in [-0.15, -0.1) is 0 Å². The highest BCUT2D eigenvalue weighted by atomic mass is 35.5. The number of carbonyl (C=O) groups is 2. The molecule has 0 radical (unpaired) electrons. The van der Waals surface area contributed by atoms with E-state index in [9.17, 15) is 9.59 Å². The van der Waals surface area contributed by atoms with Crippen LogP contribution in [-0.4, -0.2) is 23.5 Å². The summed E-state index contributed by atoms with van der Waals surface area (Å²) in [5, 5.41) is 6.47. The van der Waals surface area contributed by atoms with E-state index in [4.69, 9.17) is 20.9 Å². The summed E-state index contributed by atoms with van der Waals surface area (Å²) in [7, 11) is 0. The highest BCUT2D eigenvalue weighted by Crippen LogP contribution is 2.25. The van der Waals surface area contributed by atoms with Gasteiger partial charge in [0.1, 0.15) is 5.56 Å². The number of carbonyl (C=O) groups excluding carboxylic acids is 2. The average Bonchev–Trinajstić information content (AvgIpc) is 3.22. The quantitative estimate of drug-likeness (QED) is 0.274. The van der Waals surface area contributed by atoms with Gasteiger partial charge < -0.3 is 9.26 Å². The smallest absolute Gasteiger partial charge is 0.361 e. The van der Waals surface area contributed by atoms with Gasteiger partial charge in [-0.05, 0) is 53.6 Å².